The van der Waals surface area contributed by atoms with Crippen molar-refractivity contribution in [1.29, 1.82) is 0 Å². The quantitative estimate of drug-likeness (QED) is 0.476. The number of nitrogens with zero attached hydrogens (tertiary/aromatic N) is 1. The molecule has 24 heavy (non-hydrogen) atoms. The maximum atomic E-state index is 11.9. The van der Waals surface area contributed by atoms with Gasteiger partial charge in [-0.1, -0.05) is 53.0 Å². The Morgan fingerprint density at radius 2 is 1.83 bits per heavy atom. The first kappa shape index (κ1) is 18.3. The molecule has 0 radical (unpaired) electrons. The smallest absolute Gasteiger partial charge is 0.317 e. The minimum atomic E-state index is -0.927. The lowest BCUT2D eigenvalue weighted by Crippen LogP contribution is -2.32. The van der Waals surface area contributed by atoms with Crippen LogP contribution in [0.25, 0.3) is 0 Å². The average Bonchev–Trinajstić information content (AvgIpc) is 2.54. The van der Waals surface area contributed by atoms with Gasteiger partial charge in [-0.05, 0) is 30.7 Å². The van der Waals surface area contributed by atoms with Gasteiger partial charge in [0.25, 0.3) is 0 Å². The van der Waals surface area contributed by atoms with Gasteiger partial charge in [0.1, 0.15) is 0 Å². The molecule has 0 saturated heterocycles. The molecule has 8 heteroatoms. The van der Waals surface area contributed by atoms with Crippen LogP contribution in [0.15, 0.2) is 41.5 Å². The molecule has 0 aromatic heterocycles. The normalized spacial score (nSPS) is 10.7. The van der Waals surface area contributed by atoms with E-state index in [1.165, 1.54) is 6.21 Å². The molecule has 0 aliphatic heterocycles. The zero-order valence-electron chi connectivity index (χ0n) is 12.4. The third-order valence-corrected chi connectivity index (χ3v) is 4.07. The Morgan fingerprint density at radius 3 is 2.58 bits per heavy atom. The van der Waals surface area contributed by atoms with Gasteiger partial charge in [-0.15, -0.1) is 0 Å². The molecule has 2 amide bonds. The largest absolute Gasteiger partial charge is 0.329 e. The number of carbonyl (C=O) groups excluding carboxylic acids is 2. The van der Waals surface area contributed by atoms with Gasteiger partial charge in [0.15, 0.2) is 0 Å². The number of anilines is 1. The van der Waals surface area contributed by atoms with Crippen LogP contribution in [0.1, 0.15) is 11.1 Å². The molecule has 0 aliphatic rings. The standard InChI is InChI=1S/C16H12Cl3N3O2/c1-9-5-6-11(17)7-13(9)21-15(23)16(24)22-20-8-10-3-2-4-12(18)14(10)19/h2-8H,1H3,(H,21,23)(H,22,24). The maximum absolute atomic E-state index is 11.9. The van der Waals surface area contributed by atoms with Crippen molar-refractivity contribution in [3.8, 4) is 0 Å². The first-order chi connectivity index (χ1) is 11.4. The minimum Gasteiger partial charge on any atom is -0.317 e. The van der Waals surface area contributed by atoms with Gasteiger partial charge in [0.2, 0.25) is 0 Å². The highest BCUT2D eigenvalue weighted by Gasteiger charge is 2.14. The molecule has 0 saturated carbocycles. The molecule has 0 heterocycles. The summed E-state index contributed by atoms with van der Waals surface area (Å²) < 4.78 is 0. The van der Waals surface area contributed by atoms with Crippen LogP contribution in [-0.4, -0.2) is 18.0 Å². The molecule has 0 bridgehead atoms. The second-order valence-electron chi connectivity index (χ2n) is 4.76. The molecule has 2 aromatic rings. The third-order valence-electron chi connectivity index (χ3n) is 3.01. The van der Waals surface area contributed by atoms with E-state index in [0.29, 0.717) is 26.3 Å². The Hall–Kier alpha value is -2.08. The number of hydrogen-bond acceptors (Lipinski definition) is 3. The van der Waals surface area contributed by atoms with Crippen molar-refractivity contribution in [1.82, 2.24) is 5.43 Å². The first-order valence-electron chi connectivity index (χ1n) is 6.73. The lowest BCUT2D eigenvalue weighted by molar-refractivity contribution is -0.136. The molecule has 0 spiro atoms. The van der Waals surface area contributed by atoms with Crippen LogP contribution in [-0.2, 0) is 9.59 Å². The summed E-state index contributed by atoms with van der Waals surface area (Å²) in [6.07, 6.45) is 1.30. The maximum Gasteiger partial charge on any atom is 0.329 e. The van der Waals surface area contributed by atoms with Gasteiger partial charge in [0.05, 0.1) is 16.3 Å². The second-order valence-corrected chi connectivity index (χ2v) is 5.98. The number of hydrazone groups is 1. The van der Waals surface area contributed by atoms with Gasteiger partial charge in [-0.25, -0.2) is 5.43 Å². The van der Waals surface area contributed by atoms with E-state index in [1.54, 1.807) is 43.3 Å². The number of aryl methyl sites for hydroxylation is 1. The van der Waals surface area contributed by atoms with E-state index in [4.69, 9.17) is 34.8 Å². The van der Waals surface area contributed by atoms with Crippen molar-refractivity contribution in [2.45, 2.75) is 6.92 Å². The van der Waals surface area contributed by atoms with E-state index in [-0.39, 0.29) is 0 Å². The highest BCUT2D eigenvalue weighted by atomic mass is 35.5. The summed E-state index contributed by atoms with van der Waals surface area (Å²) in [7, 11) is 0. The highest BCUT2D eigenvalue weighted by molar-refractivity contribution is 6.43. The molecule has 0 atom stereocenters. The molecule has 124 valence electrons. The molecule has 0 fully saturated rings. The van der Waals surface area contributed by atoms with Crippen LogP contribution in [0.3, 0.4) is 0 Å². The van der Waals surface area contributed by atoms with E-state index in [9.17, 15) is 9.59 Å². The van der Waals surface area contributed by atoms with Crippen LogP contribution in [0.4, 0.5) is 5.69 Å². The molecule has 0 unspecified atom stereocenters. The van der Waals surface area contributed by atoms with E-state index in [1.807, 2.05) is 0 Å². The zero-order valence-corrected chi connectivity index (χ0v) is 14.7. The molecule has 2 aromatic carbocycles. The lowest BCUT2D eigenvalue weighted by Gasteiger charge is -2.07. The summed E-state index contributed by atoms with van der Waals surface area (Å²) in [5, 5.41) is 7.27. The number of halogens is 3. The predicted octanol–water partition coefficient (Wildman–Crippen LogP) is 4.04. The summed E-state index contributed by atoms with van der Waals surface area (Å²) in [6, 6.07) is 9.95. The molecular weight excluding hydrogens is 373 g/mol. The summed E-state index contributed by atoms with van der Waals surface area (Å²) in [6.45, 7) is 1.78. The lowest BCUT2D eigenvalue weighted by atomic mass is 10.2. The number of hydrogen-bond donors (Lipinski definition) is 2. The predicted molar refractivity (Wildman–Crippen MR) is 97.0 cm³/mol. The molecule has 0 aliphatic carbocycles. The van der Waals surface area contributed by atoms with E-state index < -0.39 is 11.8 Å². The molecule has 2 rings (SSSR count). The van der Waals surface area contributed by atoms with E-state index in [0.717, 1.165) is 5.56 Å². The third kappa shape index (κ3) is 4.71. The van der Waals surface area contributed by atoms with Crippen molar-refractivity contribution >= 4 is 58.5 Å². The van der Waals surface area contributed by atoms with Crippen molar-refractivity contribution < 1.29 is 9.59 Å². The fraction of sp³-hybridized carbons (Fsp3) is 0.0625. The van der Waals surface area contributed by atoms with Crippen molar-refractivity contribution in [2.24, 2.45) is 5.10 Å². The van der Waals surface area contributed by atoms with Crippen molar-refractivity contribution in [2.75, 3.05) is 5.32 Å². The Kier molecular flexibility index (Phi) is 6.20. The number of benzene rings is 2. The van der Waals surface area contributed by atoms with Crippen LogP contribution < -0.4 is 10.7 Å². The van der Waals surface area contributed by atoms with E-state index >= 15 is 0 Å². The minimum absolute atomic E-state index is 0.302. The van der Waals surface area contributed by atoms with Crippen LogP contribution in [0.2, 0.25) is 15.1 Å². The monoisotopic (exact) mass is 383 g/mol. The van der Waals surface area contributed by atoms with Crippen LogP contribution in [0, 0.1) is 6.92 Å². The van der Waals surface area contributed by atoms with Gasteiger partial charge in [-0.3, -0.25) is 9.59 Å². The number of rotatable bonds is 3. The van der Waals surface area contributed by atoms with Crippen LogP contribution >= 0.6 is 34.8 Å². The van der Waals surface area contributed by atoms with Crippen molar-refractivity contribution in [3.63, 3.8) is 0 Å². The Morgan fingerprint density at radius 1 is 1.08 bits per heavy atom. The van der Waals surface area contributed by atoms with Gasteiger partial charge in [-0.2, -0.15) is 5.10 Å². The van der Waals surface area contributed by atoms with E-state index in [2.05, 4.69) is 15.8 Å². The molecular formula is C16H12Cl3N3O2. The van der Waals surface area contributed by atoms with Gasteiger partial charge >= 0.3 is 11.8 Å². The summed E-state index contributed by atoms with van der Waals surface area (Å²) >= 11 is 17.7. The molecule has 2 N–H and O–H groups in total. The SMILES string of the molecule is Cc1ccc(Cl)cc1NC(=O)C(=O)NN=Cc1cccc(Cl)c1Cl. The fourth-order valence-corrected chi connectivity index (χ4v) is 2.27. The Bertz CT molecular complexity index is 822. The zero-order chi connectivity index (χ0) is 17.7. The number of amides is 2. The van der Waals surface area contributed by atoms with Gasteiger partial charge < -0.3 is 5.32 Å². The number of nitrogens with one attached hydrogen (secondary N) is 2. The average molecular weight is 385 g/mol. The summed E-state index contributed by atoms with van der Waals surface area (Å²) in [4.78, 5) is 23.6. The van der Waals surface area contributed by atoms with Crippen LogP contribution in [0.5, 0.6) is 0 Å². The summed E-state index contributed by atoms with van der Waals surface area (Å²) in [5.74, 6) is -1.79. The van der Waals surface area contributed by atoms with Crippen molar-refractivity contribution in [3.05, 3.63) is 62.6 Å². The molecule has 5 nitrogen and oxygen atoms in total. The first-order valence-corrected chi connectivity index (χ1v) is 7.86. The highest BCUT2D eigenvalue weighted by Crippen LogP contribution is 2.24. The summed E-state index contributed by atoms with van der Waals surface area (Å²) in [5.41, 5.74) is 3.85. The Labute approximate surface area is 153 Å². The van der Waals surface area contributed by atoms with Gasteiger partial charge in [0, 0.05) is 16.3 Å². The fourth-order valence-electron chi connectivity index (χ4n) is 1.74. The Balaban J connectivity index is 1.99. The number of carbonyl (C=O) groups is 2. The topological polar surface area (TPSA) is 70.6 Å². The second kappa shape index (κ2) is 8.15.